The van der Waals surface area contributed by atoms with Crippen LogP contribution in [0.5, 0.6) is 0 Å². The first kappa shape index (κ1) is 18.2. The van der Waals surface area contributed by atoms with Crippen LogP contribution in [0.15, 0.2) is 12.1 Å². The van der Waals surface area contributed by atoms with Crippen LogP contribution in [-0.2, 0) is 9.31 Å². The van der Waals surface area contributed by atoms with E-state index in [-0.39, 0.29) is 22.1 Å². The van der Waals surface area contributed by atoms with E-state index in [1.807, 2.05) is 27.7 Å². The van der Waals surface area contributed by atoms with Crippen molar-refractivity contribution in [1.29, 1.82) is 0 Å². The molecule has 0 spiro atoms. The van der Waals surface area contributed by atoms with E-state index in [9.17, 15) is 9.18 Å². The molecule has 3 rings (SSSR count). The molecule has 1 aliphatic heterocycles. The molecule has 0 unspecified atom stereocenters. The van der Waals surface area contributed by atoms with Gasteiger partial charge in [-0.3, -0.25) is 4.79 Å². The minimum absolute atomic E-state index is 0.0529. The first-order valence-electron chi connectivity index (χ1n) is 8.02. The Balaban J connectivity index is 2.16. The normalized spacial score (nSPS) is 18.8. The van der Waals surface area contributed by atoms with Gasteiger partial charge < -0.3 is 19.2 Å². The van der Waals surface area contributed by atoms with Gasteiger partial charge in [-0.15, -0.1) is 0 Å². The molecule has 1 N–H and O–H groups in total. The summed E-state index contributed by atoms with van der Waals surface area (Å²) < 4.78 is 26.6. The zero-order valence-corrected chi connectivity index (χ0v) is 15.9. The number of halogens is 2. The highest BCUT2D eigenvalue weighted by molar-refractivity contribution is 6.65. The van der Waals surface area contributed by atoms with Crippen molar-refractivity contribution in [3.63, 3.8) is 0 Å². The molecule has 1 aromatic heterocycles. The highest BCUT2D eigenvalue weighted by Crippen LogP contribution is 2.37. The highest BCUT2D eigenvalue weighted by Gasteiger charge is 2.52. The molecular weight excluding hydrogens is 345 g/mol. The second kappa shape index (κ2) is 5.72. The number of nitrogens with zero attached hydrogens (tertiary/aromatic N) is 1. The van der Waals surface area contributed by atoms with Gasteiger partial charge in [0.15, 0.2) is 5.82 Å². The predicted molar refractivity (Wildman–Crippen MR) is 97.0 cm³/mol. The number of aromatic amines is 1. The molecule has 0 atom stereocenters. The molecule has 1 fully saturated rings. The molecular formula is C17H21BClFN2O3. The summed E-state index contributed by atoms with van der Waals surface area (Å²) in [4.78, 5) is 16.5. The summed E-state index contributed by atoms with van der Waals surface area (Å²) in [7, 11) is 2.56. The second-order valence-corrected chi connectivity index (χ2v) is 7.93. The molecule has 0 radical (unpaired) electrons. The highest BCUT2D eigenvalue weighted by atomic mass is 35.5. The maximum atomic E-state index is 14.5. The number of carbonyl (C=O) groups excluding carboxylic acids is 1. The van der Waals surface area contributed by atoms with Crippen molar-refractivity contribution < 1.29 is 18.5 Å². The number of amides is 1. The topological polar surface area (TPSA) is 54.6 Å². The maximum Gasteiger partial charge on any atom is 0.495 e. The summed E-state index contributed by atoms with van der Waals surface area (Å²) in [5.74, 6) is -0.860. The van der Waals surface area contributed by atoms with Crippen molar-refractivity contribution in [1.82, 2.24) is 9.88 Å². The number of carbonyl (C=O) groups is 1. The van der Waals surface area contributed by atoms with E-state index in [1.54, 1.807) is 20.2 Å². The molecule has 2 heterocycles. The predicted octanol–water partition coefficient (Wildman–Crippen LogP) is 2.96. The number of H-pyrrole nitrogens is 1. The average Bonchev–Trinajstić information content (AvgIpc) is 3.01. The number of hydrogen-bond acceptors (Lipinski definition) is 3. The van der Waals surface area contributed by atoms with Crippen molar-refractivity contribution in [2.75, 3.05) is 14.1 Å². The summed E-state index contributed by atoms with van der Waals surface area (Å²) >= 11 is 6.06. The summed E-state index contributed by atoms with van der Waals surface area (Å²) in [5.41, 5.74) is -0.0390. The lowest BCUT2D eigenvalue weighted by Gasteiger charge is -2.32. The van der Waals surface area contributed by atoms with Crippen molar-refractivity contribution in [2.24, 2.45) is 0 Å². The van der Waals surface area contributed by atoms with E-state index in [4.69, 9.17) is 20.9 Å². The van der Waals surface area contributed by atoms with Crippen LogP contribution in [0.4, 0.5) is 4.39 Å². The Bertz CT molecular complexity index is 847. The molecule has 5 nitrogen and oxygen atoms in total. The number of benzene rings is 1. The third kappa shape index (κ3) is 2.84. The molecule has 0 aliphatic carbocycles. The van der Waals surface area contributed by atoms with Gasteiger partial charge in [-0.2, -0.15) is 0 Å². The van der Waals surface area contributed by atoms with Crippen LogP contribution >= 0.6 is 11.6 Å². The Kier molecular flexibility index (Phi) is 4.17. The molecule has 1 aliphatic rings. The summed E-state index contributed by atoms with van der Waals surface area (Å²) in [5, 5.41) is 0.466. The number of hydrogen-bond donors (Lipinski definition) is 1. The van der Waals surface area contributed by atoms with Crippen LogP contribution in [0.2, 0.25) is 5.02 Å². The smallest absolute Gasteiger partial charge is 0.399 e. The molecule has 25 heavy (non-hydrogen) atoms. The number of rotatable bonds is 2. The lowest BCUT2D eigenvalue weighted by molar-refractivity contribution is 0.00578. The van der Waals surface area contributed by atoms with Gasteiger partial charge in [0.25, 0.3) is 5.91 Å². The lowest BCUT2D eigenvalue weighted by Crippen LogP contribution is -2.41. The minimum Gasteiger partial charge on any atom is -0.399 e. The summed E-state index contributed by atoms with van der Waals surface area (Å²) in [6.45, 7) is 7.75. The van der Waals surface area contributed by atoms with Gasteiger partial charge in [0.2, 0.25) is 0 Å². The van der Waals surface area contributed by atoms with E-state index in [1.165, 1.54) is 11.0 Å². The summed E-state index contributed by atoms with van der Waals surface area (Å²) in [6.07, 6.45) is 0. The van der Waals surface area contributed by atoms with Crippen LogP contribution in [0, 0.1) is 5.82 Å². The molecule has 0 saturated carbocycles. The van der Waals surface area contributed by atoms with Gasteiger partial charge >= 0.3 is 7.12 Å². The maximum absolute atomic E-state index is 14.5. The van der Waals surface area contributed by atoms with Crippen molar-refractivity contribution in [2.45, 2.75) is 38.9 Å². The Labute approximate surface area is 151 Å². The molecule has 134 valence electrons. The Morgan fingerprint density at radius 3 is 2.28 bits per heavy atom. The molecule has 1 aromatic carbocycles. The Morgan fingerprint density at radius 1 is 1.20 bits per heavy atom. The zero-order valence-electron chi connectivity index (χ0n) is 15.2. The van der Waals surface area contributed by atoms with Gasteiger partial charge in [0.05, 0.1) is 21.7 Å². The number of nitrogens with one attached hydrogen (secondary N) is 1. The van der Waals surface area contributed by atoms with E-state index in [2.05, 4.69) is 4.98 Å². The van der Waals surface area contributed by atoms with E-state index in [0.717, 1.165) is 0 Å². The SMILES string of the molecule is CN(C)C(=O)c1cc2c(B3OC(C)(C)C(C)(C)O3)cc(Cl)c(F)c2[nH]1. The van der Waals surface area contributed by atoms with E-state index in [0.29, 0.717) is 10.8 Å². The Morgan fingerprint density at radius 2 is 1.76 bits per heavy atom. The van der Waals surface area contributed by atoms with Crippen molar-refractivity contribution >= 4 is 41.0 Å². The molecule has 2 aromatic rings. The van der Waals surface area contributed by atoms with Gasteiger partial charge in [0.1, 0.15) is 5.69 Å². The third-order valence-corrected chi connectivity index (χ3v) is 5.26. The van der Waals surface area contributed by atoms with Gasteiger partial charge in [-0.05, 0) is 45.3 Å². The fourth-order valence-electron chi connectivity index (χ4n) is 2.77. The van der Waals surface area contributed by atoms with Crippen LogP contribution in [-0.4, -0.2) is 48.2 Å². The fourth-order valence-corrected chi connectivity index (χ4v) is 2.99. The second-order valence-electron chi connectivity index (χ2n) is 7.52. The molecule has 1 saturated heterocycles. The zero-order chi connectivity index (χ0) is 18.7. The molecule has 0 bridgehead atoms. The van der Waals surface area contributed by atoms with Crippen LogP contribution in [0.1, 0.15) is 38.2 Å². The summed E-state index contributed by atoms with van der Waals surface area (Å²) in [6, 6.07) is 3.11. The number of fused-ring (bicyclic) bond motifs is 1. The third-order valence-electron chi connectivity index (χ3n) is 4.98. The Hall–Kier alpha value is -1.57. The van der Waals surface area contributed by atoms with Gasteiger partial charge in [0, 0.05) is 19.5 Å². The van der Waals surface area contributed by atoms with Crippen LogP contribution < -0.4 is 5.46 Å². The van der Waals surface area contributed by atoms with Crippen molar-refractivity contribution in [3.8, 4) is 0 Å². The van der Waals surface area contributed by atoms with Gasteiger partial charge in [-0.25, -0.2) is 4.39 Å². The monoisotopic (exact) mass is 366 g/mol. The van der Waals surface area contributed by atoms with Crippen molar-refractivity contribution in [3.05, 3.63) is 28.7 Å². The van der Waals surface area contributed by atoms with Crippen LogP contribution in [0.3, 0.4) is 0 Å². The quantitative estimate of drug-likeness (QED) is 0.831. The first-order valence-corrected chi connectivity index (χ1v) is 8.40. The van der Waals surface area contributed by atoms with Crippen LogP contribution in [0.25, 0.3) is 10.9 Å². The first-order chi connectivity index (χ1) is 11.4. The standard InChI is InChI=1S/C17H21BClFN2O3/c1-16(2)17(3,4)25-18(24-16)10-8-11(19)13(20)14-9(10)7-12(21-14)15(23)22(5)6/h7-8,21H,1-6H3. The lowest BCUT2D eigenvalue weighted by atomic mass is 9.77. The fraction of sp³-hybridized carbons (Fsp3) is 0.471. The molecule has 1 amide bonds. The average molecular weight is 367 g/mol. The minimum atomic E-state index is -0.705. The van der Waals surface area contributed by atoms with E-state index >= 15 is 0 Å². The molecule has 8 heteroatoms. The largest absolute Gasteiger partial charge is 0.495 e. The number of aromatic nitrogens is 1. The van der Waals surface area contributed by atoms with Gasteiger partial charge in [-0.1, -0.05) is 11.6 Å². The van der Waals surface area contributed by atoms with E-state index < -0.39 is 24.1 Å².